The van der Waals surface area contributed by atoms with Crippen molar-refractivity contribution in [3.8, 4) is 0 Å². The summed E-state index contributed by atoms with van der Waals surface area (Å²) in [5.74, 6) is 0. The molecule has 7 heteroatoms. The quantitative estimate of drug-likeness (QED) is 0.271. The summed E-state index contributed by atoms with van der Waals surface area (Å²) in [6.45, 7) is 3.44. The van der Waals surface area contributed by atoms with E-state index in [1.807, 2.05) is 48.0 Å². The fourth-order valence-electron chi connectivity index (χ4n) is 2.73. The van der Waals surface area contributed by atoms with Crippen LogP contribution in [0.25, 0.3) is 10.3 Å². The lowest BCUT2D eigenvalue weighted by Crippen LogP contribution is -2.11. The lowest BCUT2D eigenvalue weighted by Gasteiger charge is -2.12. The minimum absolute atomic E-state index is 0.640. The molecule has 2 aromatic heterocycles. The van der Waals surface area contributed by atoms with Crippen molar-refractivity contribution in [3.63, 3.8) is 0 Å². The van der Waals surface area contributed by atoms with Gasteiger partial charge >= 0.3 is 0 Å². The number of aryl methyl sites for hydroxylation is 1. The van der Waals surface area contributed by atoms with Gasteiger partial charge in [0.1, 0.15) is 0 Å². The van der Waals surface area contributed by atoms with Gasteiger partial charge in [-0.2, -0.15) is 5.10 Å². The number of aromatic nitrogens is 2. The van der Waals surface area contributed by atoms with Crippen molar-refractivity contribution < 1.29 is 4.79 Å². The summed E-state index contributed by atoms with van der Waals surface area (Å²) in [6, 6.07) is 10.2. The van der Waals surface area contributed by atoms with Crippen LogP contribution < -0.4 is 0 Å². The molecule has 0 fully saturated rings. The smallest absolute Gasteiger partial charge is 0.167 e. The molecule has 25 heavy (non-hydrogen) atoms. The zero-order valence-electron chi connectivity index (χ0n) is 14.5. The van der Waals surface area contributed by atoms with Gasteiger partial charge in [0.2, 0.25) is 0 Å². The molecule has 0 N–H and O–H groups in total. The Kier molecular flexibility index (Phi) is 5.55. The van der Waals surface area contributed by atoms with E-state index in [0.29, 0.717) is 18.8 Å². The van der Waals surface area contributed by atoms with Crippen molar-refractivity contribution in [1.29, 1.82) is 0 Å². The fraction of sp³-hybridized carbons (Fsp3) is 0.278. The molecule has 5 nitrogen and oxygen atoms in total. The summed E-state index contributed by atoms with van der Waals surface area (Å²) in [5, 5.41) is 6.41. The molecule has 0 radical (unpaired) electrons. The SMILES string of the molecule is CCn1c(C=O)c(/C=N\N(C)Cc2ccccc2)c2sc(SC)nc21. The van der Waals surface area contributed by atoms with Gasteiger partial charge < -0.3 is 4.57 Å². The number of aldehydes is 1. The number of hydrogen-bond donors (Lipinski definition) is 0. The molecule has 0 aliphatic rings. The second-order valence-corrected chi connectivity index (χ2v) is 7.60. The second-order valence-electron chi connectivity index (χ2n) is 5.54. The van der Waals surface area contributed by atoms with E-state index in [1.54, 1.807) is 29.3 Å². The number of thiazole rings is 1. The number of hydrogen-bond acceptors (Lipinski definition) is 6. The highest BCUT2D eigenvalue weighted by atomic mass is 32.2. The Morgan fingerprint density at radius 1 is 1.36 bits per heavy atom. The summed E-state index contributed by atoms with van der Waals surface area (Å²) >= 11 is 3.23. The van der Waals surface area contributed by atoms with Crippen LogP contribution >= 0.6 is 23.1 Å². The summed E-state index contributed by atoms with van der Waals surface area (Å²) < 4.78 is 3.97. The third-order valence-electron chi connectivity index (χ3n) is 3.90. The van der Waals surface area contributed by atoms with Crippen LogP contribution in [0, 0.1) is 0 Å². The van der Waals surface area contributed by atoms with Crippen molar-refractivity contribution in [2.75, 3.05) is 13.3 Å². The van der Waals surface area contributed by atoms with Gasteiger partial charge in [-0.05, 0) is 18.7 Å². The first-order valence-electron chi connectivity index (χ1n) is 7.99. The Hall–Kier alpha value is -2.12. The number of rotatable bonds is 7. The summed E-state index contributed by atoms with van der Waals surface area (Å²) in [7, 11) is 1.93. The lowest BCUT2D eigenvalue weighted by molar-refractivity contribution is 0.111. The monoisotopic (exact) mass is 372 g/mol. The molecule has 0 saturated carbocycles. The van der Waals surface area contributed by atoms with E-state index in [9.17, 15) is 4.79 Å². The first-order valence-corrected chi connectivity index (χ1v) is 10.0. The van der Waals surface area contributed by atoms with E-state index < -0.39 is 0 Å². The molecule has 1 aromatic carbocycles. The third kappa shape index (κ3) is 3.62. The van der Waals surface area contributed by atoms with Crippen LogP contribution in [0.3, 0.4) is 0 Å². The Morgan fingerprint density at radius 2 is 2.12 bits per heavy atom. The van der Waals surface area contributed by atoms with Crippen molar-refractivity contribution in [1.82, 2.24) is 14.6 Å². The Labute approximate surface area is 155 Å². The van der Waals surface area contributed by atoms with Crippen molar-refractivity contribution in [3.05, 3.63) is 47.2 Å². The first kappa shape index (κ1) is 17.7. The second kappa shape index (κ2) is 7.84. The zero-order chi connectivity index (χ0) is 17.8. The van der Waals surface area contributed by atoms with E-state index in [1.165, 1.54) is 5.56 Å². The van der Waals surface area contributed by atoms with Crippen molar-refractivity contribution >= 4 is 45.9 Å². The molecule has 3 rings (SSSR count). The van der Waals surface area contributed by atoms with E-state index in [2.05, 4.69) is 22.2 Å². The van der Waals surface area contributed by atoms with Gasteiger partial charge in [0.25, 0.3) is 0 Å². The summed E-state index contributed by atoms with van der Waals surface area (Å²) in [4.78, 5) is 16.3. The maximum Gasteiger partial charge on any atom is 0.167 e. The third-order valence-corrected chi connectivity index (χ3v) is 5.96. The molecule has 0 unspecified atom stereocenters. The average Bonchev–Trinajstić information content (AvgIpc) is 3.16. The maximum atomic E-state index is 11.6. The summed E-state index contributed by atoms with van der Waals surface area (Å²) in [5.41, 5.74) is 3.55. The van der Waals surface area contributed by atoms with Crippen LogP contribution in [0.2, 0.25) is 0 Å². The number of carbonyl (C=O) groups is 1. The molecule has 0 bridgehead atoms. The predicted molar refractivity (Wildman–Crippen MR) is 106 cm³/mol. The molecule has 0 aliphatic carbocycles. The van der Waals surface area contributed by atoms with E-state index in [0.717, 1.165) is 26.5 Å². The number of hydrazone groups is 1. The molecule has 130 valence electrons. The molecule has 2 heterocycles. The van der Waals surface area contributed by atoms with Gasteiger partial charge in [-0.3, -0.25) is 9.80 Å². The van der Waals surface area contributed by atoms with Crippen LogP contribution in [-0.2, 0) is 13.1 Å². The molecule has 0 atom stereocenters. The van der Waals surface area contributed by atoms with Gasteiger partial charge in [0.05, 0.1) is 23.2 Å². The van der Waals surface area contributed by atoms with Crippen LogP contribution in [0.1, 0.15) is 28.5 Å². The minimum Gasteiger partial charge on any atom is -0.322 e. The van der Waals surface area contributed by atoms with Gasteiger partial charge in [-0.15, -0.1) is 11.3 Å². The number of carbonyl (C=O) groups excluding carboxylic acids is 1. The molecular weight excluding hydrogens is 352 g/mol. The van der Waals surface area contributed by atoms with Crippen molar-refractivity contribution in [2.45, 2.75) is 24.4 Å². The minimum atomic E-state index is 0.640. The standard InChI is InChI=1S/C18H20N4OS2/c1-4-22-15(12-23)14(16-17(22)20-18(24-3)25-16)10-19-21(2)11-13-8-6-5-7-9-13/h5-10,12H,4,11H2,1-3H3/b19-10-. The van der Waals surface area contributed by atoms with Gasteiger partial charge in [-0.25, -0.2) is 4.98 Å². The van der Waals surface area contributed by atoms with Crippen LogP contribution in [0.5, 0.6) is 0 Å². The van der Waals surface area contributed by atoms with Crippen molar-refractivity contribution in [2.24, 2.45) is 5.10 Å². The number of fused-ring (bicyclic) bond motifs is 1. The zero-order valence-corrected chi connectivity index (χ0v) is 16.1. The molecular formula is C18H20N4OS2. The average molecular weight is 373 g/mol. The highest BCUT2D eigenvalue weighted by Gasteiger charge is 2.19. The summed E-state index contributed by atoms with van der Waals surface area (Å²) in [6.07, 6.45) is 4.69. The molecule has 0 amide bonds. The van der Waals surface area contributed by atoms with Crippen LogP contribution in [0.4, 0.5) is 0 Å². The predicted octanol–water partition coefficient (Wildman–Crippen LogP) is 4.12. The lowest BCUT2D eigenvalue weighted by atomic mass is 10.2. The Bertz CT molecular complexity index is 899. The van der Waals surface area contributed by atoms with E-state index >= 15 is 0 Å². The maximum absolute atomic E-state index is 11.6. The van der Waals surface area contributed by atoms with E-state index in [4.69, 9.17) is 0 Å². The molecule has 0 saturated heterocycles. The van der Waals surface area contributed by atoms with Gasteiger partial charge in [-0.1, -0.05) is 42.1 Å². The number of benzene rings is 1. The first-order chi connectivity index (χ1) is 12.2. The highest BCUT2D eigenvalue weighted by molar-refractivity contribution is 8.00. The Balaban J connectivity index is 1.94. The largest absolute Gasteiger partial charge is 0.322 e. The molecule has 0 spiro atoms. The normalized spacial score (nSPS) is 11.5. The van der Waals surface area contributed by atoms with Crippen LogP contribution in [0.15, 0.2) is 39.8 Å². The van der Waals surface area contributed by atoms with Gasteiger partial charge in [0.15, 0.2) is 16.3 Å². The van der Waals surface area contributed by atoms with Gasteiger partial charge in [0, 0.05) is 19.2 Å². The fourth-order valence-corrected chi connectivity index (χ4v) is 4.31. The highest BCUT2D eigenvalue weighted by Crippen LogP contribution is 2.33. The topological polar surface area (TPSA) is 50.5 Å². The number of nitrogens with zero attached hydrogens (tertiary/aromatic N) is 4. The molecule has 3 aromatic rings. The molecule has 0 aliphatic heterocycles. The Morgan fingerprint density at radius 3 is 2.76 bits per heavy atom. The number of thioether (sulfide) groups is 1. The van der Waals surface area contributed by atoms with E-state index in [-0.39, 0.29) is 0 Å². The van der Waals surface area contributed by atoms with Crippen LogP contribution in [-0.4, -0.2) is 40.4 Å².